The van der Waals surface area contributed by atoms with Crippen molar-refractivity contribution >= 4 is 23.2 Å². The lowest BCUT2D eigenvalue weighted by Gasteiger charge is -2.21. The molecule has 0 aliphatic carbocycles. The van der Waals surface area contributed by atoms with Gasteiger partial charge in [0.2, 0.25) is 5.91 Å². The van der Waals surface area contributed by atoms with E-state index >= 15 is 0 Å². The van der Waals surface area contributed by atoms with Crippen LogP contribution in [0.3, 0.4) is 0 Å². The van der Waals surface area contributed by atoms with Gasteiger partial charge in [-0.15, -0.1) is 0 Å². The van der Waals surface area contributed by atoms with Gasteiger partial charge in [-0.1, -0.05) is 0 Å². The Bertz CT molecular complexity index is 830. The van der Waals surface area contributed by atoms with Gasteiger partial charge in [0, 0.05) is 37.1 Å². The van der Waals surface area contributed by atoms with Gasteiger partial charge in [0.05, 0.1) is 5.56 Å². The first-order valence-electron chi connectivity index (χ1n) is 7.79. The minimum absolute atomic E-state index is 0.132. The fraction of sp³-hybridized carbons (Fsp3) is 0.278. The number of benzene rings is 1. The number of hydrogen-bond donors (Lipinski definition) is 1. The van der Waals surface area contributed by atoms with Gasteiger partial charge in [-0.05, 0) is 43.7 Å². The van der Waals surface area contributed by atoms with Crippen LogP contribution in [0.5, 0.6) is 0 Å². The van der Waals surface area contributed by atoms with E-state index < -0.39 is 0 Å². The molecule has 122 valence electrons. The zero-order chi connectivity index (χ0) is 17.3. The number of nitrogens with zero attached hydrogens (tertiary/aromatic N) is 3. The molecule has 0 saturated carbocycles. The normalized spacial score (nSPS) is 17.0. The fourth-order valence-corrected chi connectivity index (χ4v) is 2.98. The minimum atomic E-state index is -0.280. The second-order valence-corrected chi connectivity index (χ2v) is 5.99. The van der Waals surface area contributed by atoms with Crippen molar-refractivity contribution in [3.8, 4) is 6.07 Å². The number of carbonyl (C=O) groups is 2. The van der Waals surface area contributed by atoms with Crippen LogP contribution in [0.25, 0.3) is 0 Å². The number of aryl methyl sites for hydroxylation is 1. The third kappa shape index (κ3) is 2.88. The van der Waals surface area contributed by atoms with Crippen molar-refractivity contribution in [3.05, 3.63) is 47.8 Å². The minimum Gasteiger partial charge on any atom is -0.345 e. The molecule has 1 aliphatic rings. The summed E-state index contributed by atoms with van der Waals surface area (Å²) < 4.78 is 1.62. The highest BCUT2D eigenvalue weighted by atomic mass is 16.2. The predicted molar refractivity (Wildman–Crippen MR) is 90.7 cm³/mol. The average molecular weight is 322 g/mol. The van der Waals surface area contributed by atoms with Crippen LogP contribution in [0, 0.1) is 11.3 Å². The first kappa shape index (κ1) is 15.8. The summed E-state index contributed by atoms with van der Waals surface area (Å²) in [6, 6.07) is 11.0. The standard InChI is InChI=1S/C18H18N4O2/c1-12-3-8-17(23)22(12)15-6-4-14(5-7-15)20-18(24)16-9-13(10-19)11-21(16)2/h4-7,9,11-12H,3,8H2,1-2H3,(H,20,24)/t12-/m0/s1. The van der Waals surface area contributed by atoms with E-state index in [9.17, 15) is 9.59 Å². The Balaban J connectivity index is 1.74. The molecule has 2 heterocycles. The zero-order valence-electron chi connectivity index (χ0n) is 13.6. The van der Waals surface area contributed by atoms with E-state index in [2.05, 4.69) is 5.32 Å². The lowest BCUT2D eigenvalue weighted by Crippen LogP contribution is -2.30. The summed E-state index contributed by atoms with van der Waals surface area (Å²) in [5, 5.41) is 11.7. The summed E-state index contributed by atoms with van der Waals surface area (Å²) in [5.74, 6) is -0.149. The quantitative estimate of drug-likeness (QED) is 0.943. The molecule has 1 aromatic carbocycles. The maximum absolute atomic E-state index is 12.3. The molecular weight excluding hydrogens is 304 g/mol. The summed E-state index contributed by atoms with van der Waals surface area (Å²) in [4.78, 5) is 26.0. The van der Waals surface area contributed by atoms with Gasteiger partial charge in [0.15, 0.2) is 0 Å². The number of hydrogen-bond acceptors (Lipinski definition) is 3. The molecule has 6 heteroatoms. The Labute approximate surface area is 140 Å². The molecule has 2 amide bonds. The van der Waals surface area contributed by atoms with E-state index in [0.717, 1.165) is 12.1 Å². The van der Waals surface area contributed by atoms with Crippen molar-refractivity contribution < 1.29 is 9.59 Å². The lowest BCUT2D eigenvalue weighted by molar-refractivity contribution is -0.117. The molecule has 0 unspecified atom stereocenters. The molecule has 1 N–H and O–H groups in total. The van der Waals surface area contributed by atoms with Crippen molar-refractivity contribution in [3.63, 3.8) is 0 Å². The van der Waals surface area contributed by atoms with Crippen LogP contribution >= 0.6 is 0 Å². The van der Waals surface area contributed by atoms with Crippen molar-refractivity contribution in [2.75, 3.05) is 10.2 Å². The van der Waals surface area contributed by atoms with Crippen LogP contribution in [0.4, 0.5) is 11.4 Å². The van der Waals surface area contributed by atoms with Gasteiger partial charge in [0.1, 0.15) is 11.8 Å². The fourth-order valence-electron chi connectivity index (χ4n) is 2.98. The average Bonchev–Trinajstić information content (AvgIpc) is 3.11. The van der Waals surface area contributed by atoms with Crippen molar-refractivity contribution in [2.45, 2.75) is 25.8 Å². The lowest BCUT2D eigenvalue weighted by atomic mass is 10.2. The molecule has 3 rings (SSSR count). The highest BCUT2D eigenvalue weighted by Crippen LogP contribution is 2.27. The second kappa shape index (κ2) is 6.20. The smallest absolute Gasteiger partial charge is 0.272 e. The summed E-state index contributed by atoms with van der Waals surface area (Å²) in [6.07, 6.45) is 3.05. The maximum atomic E-state index is 12.3. The van der Waals surface area contributed by atoms with Crippen LogP contribution in [0.1, 0.15) is 35.8 Å². The maximum Gasteiger partial charge on any atom is 0.272 e. The molecule has 6 nitrogen and oxygen atoms in total. The molecular formula is C18H18N4O2. The zero-order valence-corrected chi connectivity index (χ0v) is 13.6. The molecule has 1 atom stereocenters. The molecule has 1 aliphatic heterocycles. The summed E-state index contributed by atoms with van der Waals surface area (Å²) in [5.41, 5.74) is 2.34. The van der Waals surface area contributed by atoms with E-state index in [-0.39, 0.29) is 17.9 Å². The van der Waals surface area contributed by atoms with Crippen molar-refractivity contribution in [1.29, 1.82) is 5.26 Å². The third-order valence-electron chi connectivity index (χ3n) is 4.26. The molecule has 1 aromatic heterocycles. The van der Waals surface area contributed by atoms with Gasteiger partial charge in [-0.2, -0.15) is 5.26 Å². The molecule has 0 radical (unpaired) electrons. The van der Waals surface area contributed by atoms with Crippen LogP contribution < -0.4 is 10.2 Å². The van der Waals surface area contributed by atoms with E-state index in [1.807, 2.05) is 25.1 Å². The van der Waals surface area contributed by atoms with Gasteiger partial charge in [0.25, 0.3) is 5.91 Å². The van der Waals surface area contributed by atoms with E-state index in [1.165, 1.54) is 0 Å². The Morgan fingerprint density at radius 2 is 2.04 bits per heavy atom. The monoisotopic (exact) mass is 322 g/mol. The first-order chi connectivity index (χ1) is 11.5. The largest absolute Gasteiger partial charge is 0.345 e. The van der Waals surface area contributed by atoms with Crippen LogP contribution in [0.2, 0.25) is 0 Å². The highest BCUT2D eigenvalue weighted by molar-refractivity contribution is 6.03. The Morgan fingerprint density at radius 1 is 1.33 bits per heavy atom. The summed E-state index contributed by atoms with van der Waals surface area (Å²) >= 11 is 0. The number of nitrogens with one attached hydrogen (secondary N) is 1. The van der Waals surface area contributed by atoms with Gasteiger partial charge in [-0.3, -0.25) is 9.59 Å². The number of carbonyl (C=O) groups excluding carboxylic acids is 2. The highest BCUT2D eigenvalue weighted by Gasteiger charge is 2.28. The SMILES string of the molecule is C[C@H]1CCC(=O)N1c1ccc(NC(=O)c2cc(C#N)cn2C)cc1. The molecule has 0 spiro atoms. The number of rotatable bonds is 3. The number of anilines is 2. The number of nitriles is 1. The molecule has 0 bridgehead atoms. The number of aromatic nitrogens is 1. The molecule has 2 aromatic rings. The second-order valence-electron chi connectivity index (χ2n) is 5.99. The van der Waals surface area contributed by atoms with Gasteiger partial charge < -0.3 is 14.8 Å². The topological polar surface area (TPSA) is 78.1 Å². The van der Waals surface area contributed by atoms with E-state index in [1.54, 1.807) is 40.9 Å². The van der Waals surface area contributed by atoms with Gasteiger partial charge >= 0.3 is 0 Å². The number of amides is 2. The van der Waals surface area contributed by atoms with Crippen molar-refractivity contribution in [2.24, 2.45) is 7.05 Å². The van der Waals surface area contributed by atoms with Crippen molar-refractivity contribution in [1.82, 2.24) is 4.57 Å². The molecule has 1 fully saturated rings. The Kier molecular flexibility index (Phi) is 4.09. The van der Waals surface area contributed by atoms with Crippen LogP contribution in [-0.4, -0.2) is 22.4 Å². The molecule has 24 heavy (non-hydrogen) atoms. The van der Waals surface area contributed by atoms with E-state index in [4.69, 9.17) is 5.26 Å². The summed E-state index contributed by atoms with van der Waals surface area (Å²) in [6.45, 7) is 2.03. The molecule has 1 saturated heterocycles. The van der Waals surface area contributed by atoms with E-state index in [0.29, 0.717) is 23.4 Å². The third-order valence-corrected chi connectivity index (χ3v) is 4.26. The van der Waals surface area contributed by atoms with Gasteiger partial charge in [-0.25, -0.2) is 0 Å². The van der Waals surface area contributed by atoms with Crippen LogP contribution in [-0.2, 0) is 11.8 Å². The Morgan fingerprint density at radius 3 is 2.58 bits per heavy atom. The predicted octanol–water partition coefficient (Wildman–Crippen LogP) is 2.66. The summed E-state index contributed by atoms with van der Waals surface area (Å²) in [7, 11) is 1.72. The van der Waals surface area contributed by atoms with Crippen LogP contribution in [0.15, 0.2) is 36.5 Å². The first-order valence-corrected chi connectivity index (χ1v) is 7.79. The Hall–Kier alpha value is -3.07.